The summed E-state index contributed by atoms with van der Waals surface area (Å²) in [6.07, 6.45) is -0.133. The molecule has 0 unspecified atom stereocenters. The smallest absolute Gasteiger partial charge is 0.311 e. The molecule has 3 N–H and O–H groups in total. The molecule has 0 radical (unpaired) electrons. The number of carbonyl (C=O) groups excluding carboxylic acids is 4. The topological polar surface area (TPSA) is 119 Å². The molecule has 3 rings (SSSR count). The van der Waals surface area contributed by atoms with Crippen molar-refractivity contribution in [3.8, 4) is 0 Å². The standard InChI is InChI=1S/C18H16FN3O5S/c19-12-3-1-2-4-13(12)22-8-10(7-15(22)24)18(26)27-9-14(23)21-17-11(16(20)25)5-6-28-17/h1-6,10H,7-9H2,(H2,20,25)(H,21,23)/t10-/m0/s1. The van der Waals surface area contributed by atoms with Crippen molar-refractivity contribution in [3.05, 3.63) is 47.1 Å². The highest BCUT2D eigenvalue weighted by Gasteiger charge is 2.37. The molecule has 1 fully saturated rings. The van der Waals surface area contributed by atoms with E-state index in [4.69, 9.17) is 10.5 Å². The van der Waals surface area contributed by atoms with E-state index in [1.54, 1.807) is 11.4 Å². The third-order valence-electron chi connectivity index (χ3n) is 4.13. The van der Waals surface area contributed by atoms with Gasteiger partial charge in [-0.05, 0) is 23.6 Å². The lowest BCUT2D eigenvalue weighted by molar-refractivity contribution is -0.151. The zero-order chi connectivity index (χ0) is 20.3. The molecule has 1 aromatic heterocycles. The Morgan fingerprint density at radius 1 is 1.29 bits per heavy atom. The number of nitrogens with one attached hydrogen (secondary N) is 1. The van der Waals surface area contributed by atoms with Gasteiger partial charge in [-0.2, -0.15) is 0 Å². The molecule has 8 nitrogen and oxygen atoms in total. The van der Waals surface area contributed by atoms with Crippen LogP contribution in [0.3, 0.4) is 0 Å². The third-order valence-corrected chi connectivity index (χ3v) is 4.96. The van der Waals surface area contributed by atoms with E-state index in [9.17, 15) is 23.6 Å². The van der Waals surface area contributed by atoms with Crippen molar-refractivity contribution in [1.29, 1.82) is 0 Å². The Kier molecular flexibility index (Phi) is 5.69. The van der Waals surface area contributed by atoms with Crippen molar-refractivity contribution in [3.63, 3.8) is 0 Å². The number of hydrogen-bond acceptors (Lipinski definition) is 6. The first-order valence-corrected chi connectivity index (χ1v) is 9.13. The quantitative estimate of drug-likeness (QED) is 0.707. The number of anilines is 2. The molecule has 1 saturated heterocycles. The number of benzene rings is 1. The predicted molar refractivity (Wildman–Crippen MR) is 99.3 cm³/mol. The van der Waals surface area contributed by atoms with Crippen LogP contribution in [0.15, 0.2) is 35.7 Å². The van der Waals surface area contributed by atoms with Crippen LogP contribution in [-0.4, -0.2) is 36.8 Å². The Morgan fingerprint density at radius 3 is 2.75 bits per heavy atom. The number of primary amides is 1. The second-order valence-electron chi connectivity index (χ2n) is 6.04. The average Bonchev–Trinajstić information content (AvgIpc) is 3.27. The molecule has 146 valence electrons. The number of thiophene rings is 1. The van der Waals surface area contributed by atoms with E-state index in [1.807, 2.05) is 0 Å². The van der Waals surface area contributed by atoms with Crippen LogP contribution in [0.25, 0.3) is 0 Å². The van der Waals surface area contributed by atoms with Gasteiger partial charge in [-0.3, -0.25) is 19.2 Å². The molecule has 1 aliphatic heterocycles. The number of ether oxygens (including phenoxy) is 1. The van der Waals surface area contributed by atoms with E-state index in [0.717, 1.165) is 11.3 Å². The summed E-state index contributed by atoms with van der Waals surface area (Å²) >= 11 is 1.11. The number of para-hydroxylation sites is 1. The fourth-order valence-corrected chi connectivity index (χ4v) is 3.59. The van der Waals surface area contributed by atoms with Gasteiger partial charge in [0, 0.05) is 13.0 Å². The molecule has 28 heavy (non-hydrogen) atoms. The average molecular weight is 405 g/mol. The summed E-state index contributed by atoms with van der Waals surface area (Å²) in [5, 5.41) is 4.29. The molecule has 10 heteroatoms. The van der Waals surface area contributed by atoms with E-state index in [-0.39, 0.29) is 29.2 Å². The van der Waals surface area contributed by atoms with Crippen LogP contribution in [0, 0.1) is 11.7 Å². The van der Waals surface area contributed by atoms with E-state index in [2.05, 4.69) is 5.32 Å². The van der Waals surface area contributed by atoms with Crippen LogP contribution in [0.4, 0.5) is 15.1 Å². The van der Waals surface area contributed by atoms with Crippen molar-refractivity contribution in [2.75, 3.05) is 23.4 Å². The molecule has 1 aliphatic rings. The van der Waals surface area contributed by atoms with E-state index < -0.39 is 42.0 Å². The summed E-state index contributed by atoms with van der Waals surface area (Å²) in [6.45, 7) is -0.615. The molecule has 0 aliphatic carbocycles. The lowest BCUT2D eigenvalue weighted by Gasteiger charge is -2.17. The van der Waals surface area contributed by atoms with Crippen LogP contribution in [0.1, 0.15) is 16.8 Å². The fourth-order valence-electron chi connectivity index (χ4n) is 2.79. The highest BCUT2D eigenvalue weighted by atomic mass is 32.1. The number of halogens is 1. The van der Waals surface area contributed by atoms with Gasteiger partial charge in [0.2, 0.25) is 5.91 Å². The second-order valence-corrected chi connectivity index (χ2v) is 6.96. The summed E-state index contributed by atoms with van der Waals surface area (Å²) in [5.41, 5.74) is 5.45. The predicted octanol–water partition coefficient (Wildman–Crippen LogP) is 1.52. The zero-order valence-corrected chi connectivity index (χ0v) is 15.3. The normalized spacial score (nSPS) is 16.1. The number of rotatable bonds is 6. The van der Waals surface area contributed by atoms with Gasteiger partial charge in [-0.25, -0.2) is 4.39 Å². The molecule has 1 atom stereocenters. The Balaban J connectivity index is 1.55. The number of nitrogens with zero attached hydrogens (tertiary/aromatic N) is 1. The molecular weight excluding hydrogens is 389 g/mol. The maximum atomic E-state index is 13.9. The minimum absolute atomic E-state index is 0.0308. The molecular formula is C18H16FN3O5S. The fraction of sp³-hybridized carbons (Fsp3) is 0.222. The van der Waals surface area contributed by atoms with Crippen molar-refractivity contribution in [1.82, 2.24) is 0 Å². The molecule has 3 amide bonds. The van der Waals surface area contributed by atoms with Crippen molar-refractivity contribution in [2.45, 2.75) is 6.42 Å². The van der Waals surface area contributed by atoms with E-state index in [0.29, 0.717) is 0 Å². The maximum absolute atomic E-state index is 13.9. The lowest BCUT2D eigenvalue weighted by atomic mass is 10.1. The number of esters is 1. The van der Waals surface area contributed by atoms with Gasteiger partial charge in [0.25, 0.3) is 11.8 Å². The molecule has 0 bridgehead atoms. The first-order valence-electron chi connectivity index (χ1n) is 8.25. The number of hydrogen-bond donors (Lipinski definition) is 2. The summed E-state index contributed by atoms with van der Waals surface area (Å²) in [7, 11) is 0. The Bertz CT molecular complexity index is 945. The summed E-state index contributed by atoms with van der Waals surface area (Å²) in [5.74, 6) is -3.84. The first-order chi connectivity index (χ1) is 13.4. The Hall–Kier alpha value is -3.27. The second kappa shape index (κ2) is 8.17. The third kappa shape index (κ3) is 4.17. The zero-order valence-electron chi connectivity index (χ0n) is 14.5. The summed E-state index contributed by atoms with van der Waals surface area (Å²) < 4.78 is 18.8. The monoisotopic (exact) mass is 405 g/mol. The highest BCUT2D eigenvalue weighted by Crippen LogP contribution is 2.28. The SMILES string of the molecule is NC(=O)c1ccsc1NC(=O)COC(=O)[C@H]1CC(=O)N(c2ccccc2F)C1. The highest BCUT2D eigenvalue weighted by molar-refractivity contribution is 7.14. The van der Waals surface area contributed by atoms with E-state index >= 15 is 0 Å². The van der Waals surface area contributed by atoms with Gasteiger partial charge in [0.15, 0.2) is 6.61 Å². The van der Waals surface area contributed by atoms with Crippen LogP contribution in [0.2, 0.25) is 0 Å². The van der Waals surface area contributed by atoms with Gasteiger partial charge in [0.1, 0.15) is 10.8 Å². The van der Waals surface area contributed by atoms with Gasteiger partial charge >= 0.3 is 5.97 Å². The lowest BCUT2D eigenvalue weighted by Crippen LogP contribution is -2.28. The Morgan fingerprint density at radius 2 is 2.04 bits per heavy atom. The minimum Gasteiger partial charge on any atom is -0.455 e. The molecule has 0 spiro atoms. The summed E-state index contributed by atoms with van der Waals surface area (Å²) in [6, 6.07) is 7.24. The number of amides is 3. The van der Waals surface area contributed by atoms with E-state index in [1.165, 1.54) is 29.2 Å². The summed E-state index contributed by atoms with van der Waals surface area (Å²) in [4.78, 5) is 48.7. The van der Waals surface area contributed by atoms with Crippen LogP contribution < -0.4 is 16.0 Å². The minimum atomic E-state index is -0.803. The number of nitrogens with two attached hydrogens (primary N) is 1. The van der Waals surface area contributed by atoms with Crippen LogP contribution >= 0.6 is 11.3 Å². The van der Waals surface area contributed by atoms with Crippen LogP contribution in [-0.2, 0) is 19.1 Å². The molecule has 2 heterocycles. The molecule has 2 aromatic rings. The van der Waals surface area contributed by atoms with Gasteiger partial charge in [-0.1, -0.05) is 12.1 Å². The largest absolute Gasteiger partial charge is 0.455 e. The Labute approximate surface area is 163 Å². The molecule has 1 aromatic carbocycles. The maximum Gasteiger partial charge on any atom is 0.311 e. The van der Waals surface area contributed by atoms with Gasteiger partial charge in [0.05, 0.1) is 17.2 Å². The first kappa shape index (κ1) is 19.5. The van der Waals surface area contributed by atoms with Gasteiger partial charge in [-0.15, -0.1) is 11.3 Å². The van der Waals surface area contributed by atoms with Crippen molar-refractivity contribution in [2.24, 2.45) is 11.7 Å². The van der Waals surface area contributed by atoms with Crippen molar-refractivity contribution >= 4 is 45.7 Å². The molecule has 0 saturated carbocycles. The van der Waals surface area contributed by atoms with Gasteiger partial charge < -0.3 is 20.7 Å². The number of carbonyl (C=O) groups is 4. The van der Waals surface area contributed by atoms with Crippen LogP contribution in [0.5, 0.6) is 0 Å². The van der Waals surface area contributed by atoms with Crippen molar-refractivity contribution < 1.29 is 28.3 Å².